The normalized spacial score (nSPS) is 10.7. The monoisotopic (exact) mass is 506 g/mol. The number of carbonyl (C=O) groups is 1. The Kier molecular flexibility index (Phi) is 7.24. The van der Waals surface area contributed by atoms with Gasteiger partial charge in [-0.1, -0.05) is 22.9 Å². The third-order valence-electron chi connectivity index (χ3n) is 3.93. The van der Waals surface area contributed by atoms with E-state index in [2.05, 4.69) is 30.8 Å². The Morgan fingerprint density at radius 2 is 2.06 bits per heavy atom. The van der Waals surface area contributed by atoms with E-state index in [-0.39, 0.29) is 41.5 Å². The highest BCUT2D eigenvalue weighted by Crippen LogP contribution is 2.36. The molecule has 4 aromatic rings. The molecule has 0 unspecified atom stereocenters. The molecule has 11 nitrogen and oxygen atoms in total. The predicted octanol–water partition coefficient (Wildman–Crippen LogP) is 3.68. The Labute approximate surface area is 199 Å². The fourth-order valence-electron chi connectivity index (χ4n) is 2.51. The van der Waals surface area contributed by atoms with E-state index in [0.29, 0.717) is 10.0 Å². The highest BCUT2D eigenvalue weighted by atomic mass is 35.5. The van der Waals surface area contributed by atoms with Crippen molar-refractivity contribution in [3.05, 3.63) is 57.2 Å². The molecule has 0 saturated carbocycles. The molecule has 4 rings (SSSR count). The van der Waals surface area contributed by atoms with Crippen LogP contribution < -0.4 is 21.0 Å². The first kappa shape index (κ1) is 22.8. The molecule has 4 heterocycles. The van der Waals surface area contributed by atoms with E-state index < -0.39 is 11.5 Å². The summed E-state index contributed by atoms with van der Waals surface area (Å²) in [6, 6.07) is 4.70. The average molecular weight is 507 g/mol. The highest BCUT2D eigenvalue weighted by Gasteiger charge is 2.20. The maximum atomic E-state index is 12.8. The van der Waals surface area contributed by atoms with Crippen LogP contribution in [0.2, 0.25) is 5.02 Å². The fourth-order valence-corrected chi connectivity index (χ4v) is 4.55. The quantitative estimate of drug-likeness (QED) is 0.323. The van der Waals surface area contributed by atoms with Crippen LogP contribution in [-0.2, 0) is 4.74 Å². The van der Waals surface area contributed by atoms with Crippen molar-refractivity contribution in [3.63, 3.8) is 0 Å². The van der Waals surface area contributed by atoms with E-state index >= 15 is 0 Å². The molecule has 2 N–H and O–H groups in total. The van der Waals surface area contributed by atoms with Gasteiger partial charge in [0.05, 0.1) is 22.2 Å². The first-order valence-corrected chi connectivity index (χ1v) is 11.3. The summed E-state index contributed by atoms with van der Waals surface area (Å²) in [5, 5.41) is 16.6. The maximum Gasteiger partial charge on any atom is 0.381 e. The molecule has 0 aromatic carbocycles. The zero-order chi connectivity index (χ0) is 23.2. The molecular formula is C19H15ClN6O5S2. The summed E-state index contributed by atoms with van der Waals surface area (Å²) in [6.07, 6.45) is 3.04. The van der Waals surface area contributed by atoms with E-state index in [1.165, 1.54) is 36.9 Å². The van der Waals surface area contributed by atoms with Gasteiger partial charge in [-0.05, 0) is 17.5 Å². The number of aromatic nitrogens is 4. The van der Waals surface area contributed by atoms with Crippen LogP contribution in [0.1, 0.15) is 10.6 Å². The number of rotatable bonds is 9. The zero-order valence-corrected chi connectivity index (χ0v) is 19.3. The van der Waals surface area contributed by atoms with Gasteiger partial charge in [-0.15, -0.1) is 21.5 Å². The Bertz CT molecular complexity index is 1310. The molecular weight excluding hydrogens is 492 g/mol. The first-order chi connectivity index (χ1) is 16.0. The summed E-state index contributed by atoms with van der Waals surface area (Å²) < 4.78 is 15.6. The minimum Gasteiger partial charge on any atom is -0.483 e. The molecule has 0 atom stereocenters. The number of halogens is 1. The van der Waals surface area contributed by atoms with E-state index in [0.717, 1.165) is 16.2 Å². The van der Waals surface area contributed by atoms with E-state index in [9.17, 15) is 9.59 Å². The Hall–Kier alpha value is -3.39. The Morgan fingerprint density at radius 1 is 1.24 bits per heavy atom. The lowest BCUT2D eigenvalue weighted by atomic mass is 10.3. The Balaban J connectivity index is 1.59. The predicted molar refractivity (Wildman–Crippen MR) is 124 cm³/mol. The molecule has 0 saturated heterocycles. The topological polar surface area (TPSA) is 141 Å². The molecule has 0 spiro atoms. The summed E-state index contributed by atoms with van der Waals surface area (Å²) in [5.74, 6) is -0.912. The minimum absolute atomic E-state index is 0.0932. The van der Waals surface area contributed by atoms with Gasteiger partial charge in [0.1, 0.15) is 6.61 Å². The molecule has 33 heavy (non-hydrogen) atoms. The van der Waals surface area contributed by atoms with E-state index in [4.69, 9.17) is 25.5 Å². The van der Waals surface area contributed by atoms with Crippen LogP contribution in [0.25, 0.3) is 9.88 Å². The number of methoxy groups -OCH3 is 1. The smallest absolute Gasteiger partial charge is 0.381 e. The van der Waals surface area contributed by atoms with Gasteiger partial charge < -0.3 is 19.2 Å². The summed E-state index contributed by atoms with van der Waals surface area (Å²) in [6.45, 7) is 0.340. The van der Waals surface area contributed by atoms with Gasteiger partial charge in [-0.25, -0.2) is 14.8 Å². The number of ether oxygens (including phenoxy) is 2. The number of anilines is 3. The number of nitrogens with zero attached hydrogens (tertiary/aromatic N) is 4. The van der Waals surface area contributed by atoms with E-state index in [1.807, 2.05) is 5.38 Å². The van der Waals surface area contributed by atoms with Crippen LogP contribution >= 0.6 is 34.3 Å². The first-order valence-electron chi connectivity index (χ1n) is 9.27. The number of carbonyl (C=O) groups excluding carboxylic acids is 1. The molecule has 14 heteroatoms. The number of hydrogen-bond donors (Lipinski definition) is 2. The van der Waals surface area contributed by atoms with Crippen LogP contribution in [-0.4, -0.2) is 46.4 Å². The molecule has 0 aliphatic rings. The van der Waals surface area contributed by atoms with Gasteiger partial charge in [0.2, 0.25) is 16.8 Å². The lowest BCUT2D eigenvalue weighted by Crippen LogP contribution is -2.18. The van der Waals surface area contributed by atoms with Gasteiger partial charge >= 0.3 is 5.63 Å². The van der Waals surface area contributed by atoms with Gasteiger partial charge in [-0.2, -0.15) is 0 Å². The number of amides is 1. The van der Waals surface area contributed by atoms with Crippen molar-refractivity contribution >= 4 is 56.9 Å². The molecule has 1 amide bonds. The summed E-state index contributed by atoms with van der Waals surface area (Å²) >= 11 is 8.66. The second kappa shape index (κ2) is 10.5. The minimum atomic E-state index is -0.861. The van der Waals surface area contributed by atoms with Crippen LogP contribution in [0.15, 0.2) is 45.2 Å². The molecule has 4 aromatic heterocycles. The summed E-state index contributed by atoms with van der Waals surface area (Å²) in [7, 11) is 1.50. The van der Waals surface area contributed by atoms with Gasteiger partial charge in [0.25, 0.3) is 5.91 Å². The van der Waals surface area contributed by atoms with Crippen LogP contribution in [0.5, 0.6) is 5.75 Å². The van der Waals surface area contributed by atoms with E-state index in [1.54, 1.807) is 12.1 Å². The number of thiophene rings is 1. The van der Waals surface area contributed by atoms with Gasteiger partial charge in [0.15, 0.2) is 10.8 Å². The van der Waals surface area contributed by atoms with Crippen molar-refractivity contribution in [2.75, 3.05) is 31.0 Å². The molecule has 0 bridgehead atoms. The molecule has 0 aliphatic carbocycles. The number of hydrogen-bond acceptors (Lipinski definition) is 12. The van der Waals surface area contributed by atoms with Crippen LogP contribution in [0.3, 0.4) is 0 Å². The SMILES string of the molecule is COCCOc1c(Nc2ncccn2)cc(C(=O)Nc2nnc(-c3sccc3Cl)s2)oc1=O. The number of nitrogens with one attached hydrogen (secondary N) is 2. The van der Waals surface area contributed by atoms with Crippen molar-refractivity contribution in [2.45, 2.75) is 0 Å². The van der Waals surface area contributed by atoms with Crippen molar-refractivity contribution < 1.29 is 18.7 Å². The Morgan fingerprint density at radius 3 is 2.79 bits per heavy atom. The zero-order valence-electron chi connectivity index (χ0n) is 16.9. The molecule has 170 valence electrons. The second-order valence-electron chi connectivity index (χ2n) is 6.14. The maximum absolute atomic E-state index is 12.8. The van der Waals surface area contributed by atoms with Crippen molar-refractivity contribution in [2.24, 2.45) is 0 Å². The molecule has 0 aliphatic heterocycles. The van der Waals surface area contributed by atoms with Gasteiger partial charge in [0, 0.05) is 25.6 Å². The third kappa shape index (κ3) is 5.51. The average Bonchev–Trinajstić information content (AvgIpc) is 3.44. The van der Waals surface area contributed by atoms with Crippen molar-refractivity contribution in [1.82, 2.24) is 20.2 Å². The fraction of sp³-hybridized carbons (Fsp3) is 0.158. The second-order valence-corrected chi connectivity index (χ2v) is 8.44. The van der Waals surface area contributed by atoms with Crippen molar-refractivity contribution in [1.29, 1.82) is 0 Å². The lowest BCUT2D eigenvalue weighted by molar-refractivity contribution is 0.0990. The standard InChI is InChI=1S/C19H15ClN6O5S2/c1-29-6-7-30-13-11(23-18-21-4-2-5-22-18)9-12(31-17(13)28)15(27)24-19-26-25-16(33-19)14-10(20)3-8-32-14/h2-5,8-9H,6-7H2,1H3,(H,21,22,23)(H,24,26,27). The van der Waals surface area contributed by atoms with Crippen LogP contribution in [0.4, 0.5) is 16.8 Å². The van der Waals surface area contributed by atoms with Crippen molar-refractivity contribution in [3.8, 4) is 15.6 Å². The lowest BCUT2D eigenvalue weighted by Gasteiger charge is -2.12. The van der Waals surface area contributed by atoms with Gasteiger partial charge in [-0.3, -0.25) is 10.1 Å². The molecule has 0 fully saturated rings. The summed E-state index contributed by atoms with van der Waals surface area (Å²) in [4.78, 5) is 34.2. The summed E-state index contributed by atoms with van der Waals surface area (Å²) in [5.41, 5.74) is -0.706. The largest absolute Gasteiger partial charge is 0.483 e. The molecule has 0 radical (unpaired) electrons. The van der Waals surface area contributed by atoms with Crippen LogP contribution in [0, 0.1) is 0 Å². The third-order valence-corrected chi connectivity index (χ3v) is 6.27. The highest BCUT2D eigenvalue weighted by molar-refractivity contribution is 7.23.